The Bertz CT molecular complexity index is 256. The maximum Gasteiger partial charge on any atom is 0.0478 e. The maximum atomic E-state index is 5.71. The Labute approximate surface area is 132 Å². The van der Waals surface area contributed by atoms with Gasteiger partial charge in [-0.25, -0.2) is 0 Å². The van der Waals surface area contributed by atoms with E-state index in [4.69, 9.17) is 4.74 Å². The third kappa shape index (κ3) is 7.62. The summed E-state index contributed by atoms with van der Waals surface area (Å²) in [5.41, 5.74) is 0. The van der Waals surface area contributed by atoms with Crippen LogP contribution in [0.1, 0.15) is 60.3 Å². The Morgan fingerprint density at radius 3 is 2.48 bits per heavy atom. The fourth-order valence-corrected chi connectivity index (χ4v) is 3.26. The lowest BCUT2D eigenvalue weighted by Crippen LogP contribution is -2.58. The minimum Gasteiger partial charge on any atom is -0.381 e. The first-order chi connectivity index (χ1) is 10.0. The van der Waals surface area contributed by atoms with E-state index in [1.54, 1.807) is 0 Å². The summed E-state index contributed by atoms with van der Waals surface area (Å²) in [4.78, 5) is 2.71. The van der Waals surface area contributed by atoms with Crippen molar-refractivity contribution in [1.82, 2.24) is 10.2 Å². The third-order valence-corrected chi connectivity index (χ3v) is 4.44. The lowest BCUT2D eigenvalue weighted by molar-refractivity contribution is 0.0707. The molecule has 0 aliphatic carbocycles. The molecule has 3 heteroatoms. The molecule has 3 nitrogen and oxygen atoms in total. The zero-order valence-electron chi connectivity index (χ0n) is 15.0. The van der Waals surface area contributed by atoms with Gasteiger partial charge in [-0.1, -0.05) is 41.0 Å². The van der Waals surface area contributed by atoms with Gasteiger partial charge in [-0.2, -0.15) is 0 Å². The molecule has 21 heavy (non-hydrogen) atoms. The zero-order chi connectivity index (χ0) is 15.7. The van der Waals surface area contributed by atoms with E-state index in [0.717, 1.165) is 31.6 Å². The highest BCUT2D eigenvalue weighted by Gasteiger charge is 2.29. The van der Waals surface area contributed by atoms with E-state index in [1.807, 2.05) is 0 Å². The number of nitrogens with zero attached hydrogens (tertiary/aromatic N) is 1. The first-order valence-corrected chi connectivity index (χ1v) is 9.09. The molecule has 1 aliphatic heterocycles. The molecular formula is C18H38N2O. The maximum absolute atomic E-state index is 5.71. The highest BCUT2D eigenvalue weighted by atomic mass is 16.5. The van der Waals surface area contributed by atoms with Crippen molar-refractivity contribution in [3.05, 3.63) is 0 Å². The molecule has 0 saturated carbocycles. The van der Waals surface area contributed by atoms with Crippen molar-refractivity contribution in [2.24, 2.45) is 11.8 Å². The smallest absolute Gasteiger partial charge is 0.0478 e. The number of hydrogen-bond acceptors (Lipinski definition) is 3. The third-order valence-electron chi connectivity index (χ3n) is 4.44. The van der Waals surface area contributed by atoms with Gasteiger partial charge in [0.2, 0.25) is 0 Å². The first kappa shape index (κ1) is 18.9. The summed E-state index contributed by atoms with van der Waals surface area (Å²) in [6.07, 6.45) is 4.87. The van der Waals surface area contributed by atoms with Crippen molar-refractivity contribution in [1.29, 1.82) is 0 Å². The molecule has 1 N–H and O–H groups in total. The van der Waals surface area contributed by atoms with Gasteiger partial charge in [-0.15, -0.1) is 0 Å². The van der Waals surface area contributed by atoms with Crippen LogP contribution in [0.4, 0.5) is 0 Å². The van der Waals surface area contributed by atoms with Crippen molar-refractivity contribution in [3.8, 4) is 0 Å². The predicted molar refractivity (Wildman–Crippen MR) is 91.8 cm³/mol. The fraction of sp³-hybridized carbons (Fsp3) is 1.00. The number of rotatable bonds is 10. The number of ether oxygens (including phenoxy) is 1. The monoisotopic (exact) mass is 298 g/mol. The summed E-state index contributed by atoms with van der Waals surface area (Å²) < 4.78 is 5.71. The van der Waals surface area contributed by atoms with Crippen LogP contribution in [-0.2, 0) is 4.74 Å². The normalized spacial score (nSPS) is 24.1. The molecule has 1 heterocycles. The molecule has 1 aliphatic rings. The van der Waals surface area contributed by atoms with E-state index in [2.05, 4.69) is 44.8 Å². The minimum absolute atomic E-state index is 0.668. The molecule has 0 aromatic carbocycles. The van der Waals surface area contributed by atoms with Gasteiger partial charge in [-0.05, 0) is 31.1 Å². The van der Waals surface area contributed by atoms with Gasteiger partial charge in [0.05, 0.1) is 0 Å². The van der Waals surface area contributed by atoms with E-state index in [9.17, 15) is 0 Å². The van der Waals surface area contributed by atoms with Crippen LogP contribution < -0.4 is 5.32 Å². The molecule has 0 aromatic rings. The molecule has 1 fully saturated rings. The average molecular weight is 299 g/mol. The Hall–Kier alpha value is -0.120. The summed E-state index contributed by atoms with van der Waals surface area (Å²) in [5, 5.41) is 3.76. The Morgan fingerprint density at radius 1 is 1.14 bits per heavy atom. The van der Waals surface area contributed by atoms with Crippen LogP contribution in [0.25, 0.3) is 0 Å². The minimum atomic E-state index is 0.668. The van der Waals surface area contributed by atoms with Crippen molar-refractivity contribution < 1.29 is 4.74 Å². The largest absolute Gasteiger partial charge is 0.381 e. The first-order valence-electron chi connectivity index (χ1n) is 9.09. The molecule has 126 valence electrons. The Morgan fingerprint density at radius 2 is 1.86 bits per heavy atom. The number of piperazine rings is 1. The van der Waals surface area contributed by atoms with E-state index >= 15 is 0 Å². The predicted octanol–water partition coefficient (Wildman–Crippen LogP) is 3.54. The van der Waals surface area contributed by atoms with E-state index in [1.165, 1.54) is 38.8 Å². The van der Waals surface area contributed by atoms with Gasteiger partial charge in [0, 0.05) is 44.9 Å². The van der Waals surface area contributed by atoms with Crippen molar-refractivity contribution in [2.45, 2.75) is 72.4 Å². The summed E-state index contributed by atoms with van der Waals surface area (Å²) in [5.74, 6) is 1.50. The standard InChI is InChI=1S/C18H38N2O/c1-6-7-10-21-11-8-9-20-14-17(12-15(2)3)19-13-18(20)16(4)5/h15-19H,6-14H2,1-5H3. The van der Waals surface area contributed by atoms with Crippen LogP contribution in [0.15, 0.2) is 0 Å². The van der Waals surface area contributed by atoms with Crippen LogP contribution in [0.5, 0.6) is 0 Å². The fourth-order valence-electron chi connectivity index (χ4n) is 3.26. The lowest BCUT2D eigenvalue weighted by atomic mass is 9.95. The van der Waals surface area contributed by atoms with Gasteiger partial charge < -0.3 is 10.1 Å². The molecule has 0 aromatic heterocycles. The molecule has 2 unspecified atom stereocenters. The van der Waals surface area contributed by atoms with Crippen molar-refractivity contribution >= 4 is 0 Å². The Kier molecular flexibility index (Phi) is 9.54. The second-order valence-electron chi connectivity index (χ2n) is 7.36. The highest BCUT2D eigenvalue weighted by Crippen LogP contribution is 2.18. The summed E-state index contributed by atoms with van der Waals surface area (Å²) in [7, 11) is 0. The van der Waals surface area contributed by atoms with Crippen molar-refractivity contribution in [2.75, 3.05) is 32.8 Å². The van der Waals surface area contributed by atoms with E-state index in [-0.39, 0.29) is 0 Å². The lowest BCUT2D eigenvalue weighted by Gasteiger charge is -2.43. The van der Waals surface area contributed by atoms with Gasteiger partial charge in [0.15, 0.2) is 0 Å². The van der Waals surface area contributed by atoms with Crippen LogP contribution in [0.2, 0.25) is 0 Å². The van der Waals surface area contributed by atoms with Crippen LogP contribution in [-0.4, -0.2) is 49.8 Å². The summed E-state index contributed by atoms with van der Waals surface area (Å²) in [6, 6.07) is 1.35. The van der Waals surface area contributed by atoms with E-state index in [0.29, 0.717) is 12.1 Å². The quantitative estimate of drug-likeness (QED) is 0.624. The van der Waals surface area contributed by atoms with E-state index < -0.39 is 0 Å². The molecular weight excluding hydrogens is 260 g/mol. The number of nitrogens with one attached hydrogen (secondary N) is 1. The average Bonchev–Trinajstić information content (AvgIpc) is 2.42. The zero-order valence-corrected chi connectivity index (χ0v) is 15.0. The second kappa shape index (κ2) is 10.6. The van der Waals surface area contributed by atoms with Crippen LogP contribution in [0.3, 0.4) is 0 Å². The van der Waals surface area contributed by atoms with Gasteiger partial charge in [0.25, 0.3) is 0 Å². The molecule has 2 atom stereocenters. The molecule has 0 spiro atoms. The second-order valence-corrected chi connectivity index (χ2v) is 7.36. The van der Waals surface area contributed by atoms with Gasteiger partial charge >= 0.3 is 0 Å². The van der Waals surface area contributed by atoms with Gasteiger partial charge in [-0.3, -0.25) is 4.90 Å². The van der Waals surface area contributed by atoms with Gasteiger partial charge in [0.1, 0.15) is 0 Å². The summed E-state index contributed by atoms with van der Waals surface area (Å²) in [6.45, 7) is 16.9. The van der Waals surface area contributed by atoms with Crippen molar-refractivity contribution in [3.63, 3.8) is 0 Å². The summed E-state index contributed by atoms with van der Waals surface area (Å²) >= 11 is 0. The topological polar surface area (TPSA) is 24.5 Å². The van der Waals surface area contributed by atoms with Crippen LogP contribution in [0, 0.1) is 11.8 Å². The molecule has 1 saturated heterocycles. The highest BCUT2D eigenvalue weighted by molar-refractivity contribution is 4.88. The Balaban J connectivity index is 2.33. The number of unbranched alkanes of at least 4 members (excludes halogenated alkanes) is 1. The number of hydrogen-bond donors (Lipinski definition) is 1. The SMILES string of the molecule is CCCCOCCCN1CC(CC(C)C)NCC1C(C)C. The van der Waals surface area contributed by atoms with Crippen LogP contribution >= 0.6 is 0 Å². The molecule has 1 rings (SSSR count). The molecule has 0 amide bonds. The molecule has 0 bridgehead atoms. The molecule has 0 radical (unpaired) electrons.